The maximum Gasteiger partial charge on any atom is 0.346 e. The van der Waals surface area contributed by atoms with E-state index in [4.69, 9.17) is 4.65 Å². The summed E-state index contributed by atoms with van der Waals surface area (Å²) in [5.41, 5.74) is 0. The molecule has 0 saturated carbocycles. The van der Waals surface area contributed by atoms with Gasteiger partial charge in [-0.1, -0.05) is 12.2 Å². The van der Waals surface area contributed by atoms with E-state index < -0.39 is 0 Å². The average Bonchev–Trinajstić information content (AvgIpc) is 1.94. The number of hydrogen-bond donors (Lipinski definition) is 0. The zero-order valence-corrected chi connectivity index (χ0v) is 8.92. The molecule has 1 rings (SSSR count). The van der Waals surface area contributed by atoms with Crippen molar-refractivity contribution in [2.45, 2.75) is 38.2 Å². The quantitative estimate of drug-likeness (QED) is 0.423. The van der Waals surface area contributed by atoms with Crippen LogP contribution in [0.5, 0.6) is 0 Å². The van der Waals surface area contributed by atoms with Gasteiger partial charge in [0.1, 0.15) is 0 Å². The zero-order chi connectivity index (χ0) is 7.94. The van der Waals surface area contributed by atoms with Crippen LogP contribution in [0.25, 0.3) is 0 Å². The summed E-state index contributed by atoms with van der Waals surface area (Å²) in [7, 11) is 0. The third kappa shape index (κ3) is 4.16. The second-order valence-electron chi connectivity index (χ2n) is 2.88. The summed E-state index contributed by atoms with van der Waals surface area (Å²) >= 11 is 2.27. The fourth-order valence-corrected chi connectivity index (χ4v) is 1.89. The van der Waals surface area contributed by atoms with Crippen LogP contribution < -0.4 is 0 Å². The van der Waals surface area contributed by atoms with Crippen LogP contribution in [-0.4, -0.2) is 11.4 Å². The Balaban J connectivity index is 2.24. The van der Waals surface area contributed by atoms with Crippen LogP contribution in [0, 0.1) is 0 Å². The van der Waals surface area contributed by atoms with E-state index in [1.54, 1.807) is 0 Å². The molecule has 1 unspecified atom stereocenters. The Morgan fingerprint density at radius 1 is 1.27 bits per heavy atom. The summed E-state index contributed by atoms with van der Waals surface area (Å²) in [6.07, 6.45) is 11.3. The second kappa shape index (κ2) is 6.06. The van der Waals surface area contributed by atoms with Crippen molar-refractivity contribution in [1.29, 1.82) is 0 Å². The van der Waals surface area contributed by atoms with E-state index in [1.807, 2.05) is 0 Å². The average molecular weight is 264 g/mol. The largest absolute Gasteiger partial charge is 0.426 e. The highest BCUT2D eigenvalue weighted by Crippen LogP contribution is 2.15. The summed E-state index contributed by atoms with van der Waals surface area (Å²) in [5, 5.41) is 0.839. The van der Waals surface area contributed by atoms with Gasteiger partial charge < -0.3 is 4.65 Å². The van der Waals surface area contributed by atoms with Crippen molar-refractivity contribution in [2.24, 2.45) is 0 Å². The lowest BCUT2D eigenvalue weighted by Crippen LogP contribution is -2.13. The van der Waals surface area contributed by atoms with Gasteiger partial charge >= 0.3 is 5.34 Å². The summed E-state index contributed by atoms with van der Waals surface area (Å²) < 4.78 is 5.57. The first kappa shape index (κ1) is 9.58. The molecule has 0 N–H and O–H groups in total. The third-order valence-corrected chi connectivity index (χ3v) is 2.38. The minimum Gasteiger partial charge on any atom is -0.426 e. The molecule has 0 aliphatic heterocycles. The predicted molar refractivity (Wildman–Crippen MR) is 58.3 cm³/mol. The van der Waals surface area contributed by atoms with E-state index in [0.29, 0.717) is 6.10 Å². The van der Waals surface area contributed by atoms with Crippen molar-refractivity contribution in [3.8, 4) is 0 Å². The third-order valence-electron chi connectivity index (χ3n) is 2.02. The zero-order valence-electron chi connectivity index (χ0n) is 6.76. The first-order valence-corrected chi connectivity index (χ1v) is 5.78. The first-order chi connectivity index (χ1) is 5.43. The van der Waals surface area contributed by atoms with Gasteiger partial charge in [-0.25, -0.2) is 0 Å². The lowest BCUT2D eigenvalue weighted by molar-refractivity contribution is 0.194. The van der Waals surface area contributed by atoms with Crippen molar-refractivity contribution in [2.75, 3.05) is 0 Å². The molecule has 0 bridgehead atoms. The fourth-order valence-electron chi connectivity index (χ4n) is 1.38. The number of rotatable bonds is 2. The topological polar surface area (TPSA) is 9.23 Å². The van der Waals surface area contributed by atoms with Crippen LogP contribution in [0.1, 0.15) is 32.1 Å². The standard InChI is InChI=1S/C8H14BIO/c10-9-11-8-6-4-2-1-3-5-7-8/h1-2,8-9H,3-7H2/b2-1+. The van der Waals surface area contributed by atoms with Gasteiger partial charge in [-0.3, -0.25) is 0 Å². The minimum atomic E-state index is 0.525. The van der Waals surface area contributed by atoms with Crippen molar-refractivity contribution in [3.63, 3.8) is 0 Å². The summed E-state index contributed by atoms with van der Waals surface area (Å²) in [6, 6.07) is 0. The monoisotopic (exact) mass is 264 g/mol. The second-order valence-corrected chi connectivity index (χ2v) is 3.50. The lowest BCUT2D eigenvalue weighted by atomic mass is 10.0. The van der Waals surface area contributed by atoms with E-state index in [2.05, 4.69) is 34.5 Å². The molecular formula is C8H14BIO. The smallest absolute Gasteiger partial charge is 0.346 e. The molecule has 1 atom stereocenters. The van der Waals surface area contributed by atoms with Crippen molar-refractivity contribution >= 4 is 27.7 Å². The van der Waals surface area contributed by atoms with E-state index in [0.717, 1.165) is 5.34 Å². The SMILES string of the molecule is IBOC1CC/C=C/CCC1. The summed E-state index contributed by atoms with van der Waals surface area (Å²) in [6.45, 7) is 0. The Kier molecular flexibility index (Phi) is 5.28. The molecule has 0 aromatic carbocycles. The maximum absolute atomic E-state index is 5.57. The first-order valence-electron chi connectivity index (χ1n) is 4.26. The summed E-state index contributed by atoms with van der Waals surface area (Å²) in [5.74, 6) is 0. The normalized spacial score (nSPS) is 28.6. The molecule has 1 nitrogen and oxygen atoms in total. The highest BCUT2D eigenvalue weighted by molar-refractivity contribution is 14.1. The van der Waals surface area contributed by atoms with Crippen LogP contribution in [0.4, 0.5) is 0 Å². The van der Waals surface area contributed by atoms with E-state index in [1.165, 1.54) is 32.1 Å². The Bertz CT molecular complexity index is 127. The van der Waals surface area contributed by atoms with Gasteiger partial charge in [0, 0.05) is 6.10 Å². The van der Waals surface area contributed by atoms with Gasteiger partial charge in [-0.2, -0.15) is 0 Å². The van der Waals surface area contributed by atoms with E-state index in [-0.39, 0.29) is 0 Å². The number of halogens is 1. The minimum absolute atomic E-state index is 0.525. The van der Waals surface area contributed by atoms with Gasteiger partial charge in [0.2, 0.25) is 0 Å². The van der Waals surface area contributed by atoms with Crippen LogP contribution >= 0.6 is 22.4 Å². The van der Waals surface area contributed by atoms with Gasteiger partial charge in [-0.05, 0) is 32.1 Å². The Morgan fingerprint density at radius 3 is 2.91 bits per heavy atom. The van der Waals surface area contributed by atoms with Crippen LogP contribution in [0.3, 0.4) is 0 Å². The van der Waals surface area contributed by atoms with Crippen LogP contribution in [-0.2, 0) is 4.65 Å². The molecule has 3 heteroatoms. The molecule has 0 radical (unpaired) electrons. The number of hydrogen-bond acceptors (Lipinski definition) is 1. The Morgan fingerprint density at radius 2 is 2.09 bits per heavy atom. The van der Waals surface area contributed by atoms with Crippen molar-refractivity contribution < 1.29 is 4.65 Å². The Hall–Kier alpha value is 0.495. The lowest BCUT2D eigenvalue weighted by Gasteiger charge is -2.16. The highest BCUT2D eigenvalue weighted by Gasteiger charge is 2.07. The van der Waals surface area contributed by atoms with Gasteiger partial charge in [0.15, 0.2) is 0 Å². The van der Waals surface area contributed by atoms with Gasteiger partial charge in [0.05, 0.1) is 0 Å². The molecule has 0 aromatic rings. The van der Waals surface area contributed by atoms with E-state index in [9.17, 15) is 0 Å². The molecule has 0 saturated heterocycles. The van der Waals surface area contributed by atoms with Gasteiger partial charge in [-0.15, -0.1) is 22.4 Å². The Labute approximate surface area is 82.7 Å². The predicted octanol–water partition coefficient (Wildman–Crippen LogP) is 2.59. The fraction of sp³-hybridized carbons (Fsp3) is 0.750. The molecule has 11 heavy (non-hydrogen) atoms. The number of allylic oxidation sites excluding steroid dienone is 2. The molecule has 0 amide bonds. The highest BCUT2D eigenvalue weighted by atomic mass is 127. The molecular weight excluding hydrogens is 250 g/mol. The molecule has 0 fully saturated rings. The van der Waals surface area contributed by atoms with Crippen LogP contribution in [0.15, 0.2) is 12.2 Å². The summed E-state index contributed by atoms with van der Waals surface area (Å²) in [4.78, 5) is 0. The van der Waals surface area contributed by atoms with Gasteiger partial charge in [0.25, 0.3) is 0 Å². The molecule has 1 aliphatic carbocycles. The van der Waals surface area contributed by atoms with Crippen molar-refractivity contribution in [3.05, 3.63) is 12.2 Å². The molecule has 0 aromatic heterocycles. The molecule has 0 spiro atoms. The maximum atomic E-state index is 5.57. The molecule has 62 valence electrons. The van der Waals surface area contributed by atoms with Crippen LogP contribution in [0.2, 0.25) is 0 Å². The van der Waals surface area contributed by atoms with E-state index >= 15 is 0 Å². The van der Waals surface area contributed by atoms with Crippen molar-refractivity contribution in [1.82, 2.24) is 0 Å². The molecule has 0 heterocycles. The molecule has 1 aliphatic rings.